The summed E-state index contributed by atoms with van der Waals surface area (Å²) in [6, 6.07) is 9.85. The van der Waals surface area contributed by atoms with Crippen LogP contribution in [0.5, 0.6) is 17.2 Å². The van der Waals surface area contributed by atoms with E-state index in [4.69, 9.17) is 14.2 Å². The van der Waals surface area contributed by atoms with Crippen molar-refractivity contribution < 1.29 is 28.9 Å². The van der Waals surface area contributed by atoms with E-state index in [2.05, 4.69) is 5.32 Å². The maximum atomic E-state index is 11.9. The second-order valence-corrected chi connectivity index (χ2v) is 5.56. The van der Waals surface area contributed by atoms with Gasteiger partial charge in [-0.25, -0.2) is 4.79 Å². The highest BCUT2D eigenvalue weighted by molar-refractivity contribution is 5.93. The van der Waals surface area contributed by atoms with Crippen molar-refractivity contribution in [2.45, 2.75) is 13.5 Å². The Hall–Kier alpha value is -3.22. The molecule has 0 radical (unpaired) electrons. The lowest BCUT2D eigenvalue weighted by molar-refractivity contribution is -0.124. The molecule has 0 saturated carbocycles. The molecule has 7 nitrogen and oxygen atoms in total. The van der Waals surface area contributed by atoms with Gasteiger partial charge in [-0.15, -0.1) is 0 Å². The lowest BCUT2D eigenvalue weighted by atomic mass is 10.1. The number of hydrogen-bond donors (Lipinski definition) is 2. The van der Waals surface area contributed by atoms with Crippen LogP contribution in [0.3, 0.4) is 0 Å². The molecule has 0 aromatic heterocycles. The van der Waals surface area contributed by atoms with Crippen molar-refractivity contribution in [1.82, 2.24) is 5.32 Å². The van der Waals surface area contributed by atoms with E-state index in [9.17, 15) is 14.7 Å². The van der Waals surface area contributed by atoms with Crippen LogP contribution < -0.4 is 14.8 Å². The summed E-state index contributed by atoms with van der Waals surface area (Å²) in [6.07, 6.45) is 0. The van der Waals surface area contributed by atoms with E-state index in [0.717, 1.165) is 11.1 Å². The summed E-state index contributed by atoms with van der Waals surface area (Å²) in [7, 11) is 3.07. The van der Waals surface area contributed by atoms with Crippen molar-refractivity contribution >= 4 is 11.9 Å². The zero-order valence-electron chi connectivity index (χ0n) is 14.9. The molecule has 0 saturated heterocycles. The van der Waals surface area contributed by atoms with E-state index in [-0.39, 0.29) is 17.9 Å². The predicted octanol–water partition coefficient (Wildman–Crippen LogP) is 2.19. The largest absolute Gasteiger partial charge is 0.507 e. The highest BCUT2D eigenvalue weighted by Crippen LogP contribution is 2.27. The molecule has 0 aliphatic heterocycles. The first kappa shape index (κ1) is 19.1. The summed E-state index contributed by atoms with van der Waals surface area (Å²) >= 11 is 0. The second kappa shape index (κ2) is 8.75. The third-order valence-corrected chi connectivity index (χ3v) is 3.65. The second-order valence-electron chi connectivity index (χ2n) is 5.56. The number of phenolic OH excluding ortho intramolecular Hbond substituents is 1. The molecule has 0 aliphatic rings. The van der Waals surface area contributed by atoms with Crippen LogP contribution in [0.25, 0.3) is 0 Å². The molecule has 0 heterocycles. The molecule has 2 aromatic carbocycles. The maximum absolute atomic E-state index is 11.9. The van der Waals surface area contributed by atoms with E-state index < -0.39 is 18.5 Å². The highest BCUT2D eigenvalue weighted by Gasteiger charge is 2.14. The average molecular weight is 359 g/mol. The van der Waals surface area contributed by atoms with Crippen molar-refractivity contribution in [3.05, 3.63) is 53.1 Å². The molecule has 0 spiro atoms. The van der Waals surface area contributed by atoms with Gasteiger partial charge in [0.05, 0.1) is 14.2 Å². The van der Waals surface area contributed by atoms with E-state index in [1.54, 1.807) is 38.3 Å². The van der Waals surface area contributed by atoms with Gasteiger partial charge < -0.3 is 24.6 Å². The normalized spacial score (nSPS) is 10.1. The van der Waals surface area contributed by atoms with Gasteiger partial charge in [0.25, 0.3) is 5.91 Å². The number of benzene rings is 2. The summed E-state index contributed by atoms with van der Waals surface area (Å²) in [5, 5.41) is 12.4. The van der Waals surface area contributed by atoms with E-state index in [1.807, 2.05) is 0 Å². The smallest absolute Gasteiger partial charge is 0.342 e. The van der Waals surface area contributed by atoms with Crippen LogP contribution in [0, 0.1) is 6.92 Å². The van der Waals surface area contributed by atoms with Crippen molar-refractivity contribution in [3.8, 4) is 17.2 Å². The lowest BCUT2D eigenvalue weighted by Gasteiger charge is -2.11. The van der Waals surface area contributed by atoms with Gasteiger partial charge >= 0.3 is 5.97 Å². The quantitative estimate of drug-likeness (QED) is 0.736. The number of amides is 1. The van der Waals surface area contributed by atoms with Gasteiger partial charge in [-0.05, 0) is 42.3 Å². The topological polar surface area (TPSA) is 94.1 Å². The van der Waals surface area contributed by atoms with Crippen LogP contribution in [-0.4, -0.2) is 37.8 Å². The number of methoxy groups -OCH3 is 2. The van der Waals surface area contributed by atoms with Crippen LogP contribution in [0.1, 0.15) is 21.5 Å². The Morgan fingerprint density at radius 1 is 1.04 bits per heavy atom. The summed E-state index contributed by atoms with van der Waals surface area (Å²) in [6.45, 7) is 1.59. The molecule has 2 N–H and O–H groups in total. The average Bonchev–Trinajstić information content (AvgIpc) is 2.64. The van der Waals surface area contributed by atoms with E-state index in [1.165, 1.54) is 19.2 Å². The summed E-state index contributed by atoms with van der Waals surface area (Å²) in [4.78, 5) is 23.8. The number of esters is 1. The van der Waals surface area contributed by atoms with Crippen molar-refractivity contribution in [1.29, 1.82) is 0 Å². The van der Waals surface area contributed by atoms with Gasteiger partial charge in [0.2, 0.25) is 0 Å². The molecule has 0 unspecified atom stereocenters. The molecule has 0 aliphatic carbocycles. The minimum atomic E-state index is -0.760. The predicted molar refractivity (Wildman–Crippen MR) is 94.5 cm³/mol. The molecule has 0 bridgehead atoms. The van der Waals surface area contributed by atoms with Crippen molar-refractivity contribution in [2.75, 3.05) is 20.8 Å². The molecule has 0 atom stereocenters. The Morgan fingerprint density at radius 2 is 1.77 bits per heavy atom. The highest BCUT2D eigenvalue weighted by atomic mass is 16.5. The van der Waals surface area contributed by atoms with Gasteiger partial charge in [0.1, 0.15) is 11.3 Å². The number of carbonyl (C=O) groups excluding carboxylic acids is 2. The molecule has 1 amide bonds. The minimum Gasteiger partial charge on any atom is -0.507 e. The van der Waals surface area contributed by atoms with Gasteiger partial charge in [0, 0.05) is 6.54 Å². The Bertz CT molecular complexity index is 803. The standard InChI is InChI=1S/C19H21NO6/c1-12-4-6-14(15(21)8-12)19(23)26-11-18(22)20-10-13-5-7-16(24-2)17(9-13)25-3/h4-9,21H,10-11H2,1-3H3,(H,20,22). The fourth-order valence-electron chi connectivity index (χ4n) is 2.27. The first-order valence-electron chi connectivity index (χ1n) is 7.89. The molecule has 138 valence electrons. The summed E-state index contributed by atoms with van der Waals surface area (Å²) in [5.74, 6) is -0.251. The van der Waals surface area contributed by atoms with Gasteiger partial charge in [-0.3, -0.25) is 4.79 Å². The third kappa shape index (κ3) is 4.89. The zero-order valence-corrected chi connectivity index (χ0v) is 14.9. The SMILES string of the molecule is COc1ccc(CNC(=O)COC(=O)c2ccc(C)cc2O)cc1OC. The van der Waals surface area contributed by atoms with Crippen LogP contribution in [0.15, 0.2) is 36.4 Å². The number of aromatic hydroxyl groups is 1. The number of rotatable bonds is 7. The molecule has 2 rings (SSSR count). The van der Waals surface area contributed by atoms with Crippen molar-refractivity contribution in [2.24, 2.45) is 0 Å². The molecule has 2 aromatic rings. The van der Waals surface area contributed by atoms with Crippen LogP contribution in [0.2, 0.25) is 0 Å². The van der Waals surface area contributed by atoms with Gasteiger partial charge in [0.15, 0.2) is 18.1 Å². The molecular formula is C19H21NO6. The zero-order chi connectivity index (χ0) is 19.1. The maximum Gasteiger partial charge on any atom is 0.342 e. The minimum absolute atomic E-state index is 0.0169. The number of nitrogens with one attached hydrogen (secondary N) is 1. The fraction of sp³-hybridized carbons (Fsp3) is 0.263. The molecular weight excluding hydrogens is 338 g/mol. The van der Waals surface area contributed by atoms with Crippen LogP contribution >= 0.6 is 0 Å². The first-order valence-corrected chi connectivity index (χ1v) is 7.89. The molecule has 26 heavy (non-hydrogen) atoms. The molecule has 7 heteroatoms. The number of ether oxygens (including phenoxy) is 3. The van der Waals surface area contributed by atoms with Crippen LogP contribution in [0.4, 0.5) is 0 Å². The Morgan fingerprint density at radius 3 is 2.42 bits per heavy atom. The monoisotopic (exact) mass is 359 g/mol. The summed E-state index contributed by atoms with van der Waals surface area (Å²) in [5.41, 5.74) is 1.63. The number of hydrogen-bond acceptors (Lipinski definition) is 6. The third-order valence-electron chi connectivity index (χ3n) is 3.65. The summed E-state index contributed by atoms with van der Waals surface area (Å²) < 4.78 is 15.3. The fourth-order valence-corrected chi connectivity index (χ4v) is 2.27. The van der Waals surface area contributed by atoms with E-state index >= 15 is 0 Å². The Balaban J connectivity index is 1.86. The Kier molecular flexibility index (Phi) is 6.43. The lowest BCUT2D eigenvalue weighted by Crippen LogP contribution is -2.28. The van der Waals surface area contributed by atoms with Gasteiger partial charge in [-0.1, -0.05) is 12.1 Å². The number of aryl methyl sites for hydroxylation is 1. The van der Waals surface area contributed by atoms with Crippen LogP contribution in [-0.2, 0) is 16.1 Å². The number of phenols is 1. The van der Waals surface area contributed by atoms with E-state index in [0.29, 0.717) is 11.5 Å². The van der Waals surface area contributed by atoms with Gasteiger partial charge in [-0.2, -0.15) is 0 Å². The van der Waals surface area contributed by atoms with Crippen molar-refractivity contribution in [3.63, 3.8) is 0 Å². The Labute approximate surface area is 151 Å². The molecule has 0 fully saturated rings. The number of carbonyl (C=O) groups is 2. The first-order chi connectivity index (χ1) is 12.4.